The molecule has 26 heavy (non-hydrogen) atoms. The van der Waals surface area contributed by atoms with Gasteiger partial charge in [0.25, 0.3) is 5.91 Å². The van der Waals surface area contributed by atoms with Gasteiger partial charge in [0.15, 0.2) is 0 Å². The summed E-state index contributed by atoms with van der Waals surface area (Å²) in [6.07, 6.45) is 0. The average molecular weight is 353 g/mol. The lowest BCUT2D eigenvalue weighted by atomic mass is 10.1. The number of carbonyl (C=O) groups is 2. The van der Waals surface area contributed by atoms with E-state index in [1.54, 1.807) is 6.07 Å². The van der Waals surface area contributed by atoms with Gasteiger partial charge in [0.2, 0.25) is 5.91 Å². The van der Waals surface area contributed by atoms with Gasteiger partial charge >= 0.3 is 0 Å². The number of nitrogens with one attached hydrogen (secondary N) is 2. The molecule has 0 heterocycles. The third kappa shape index (κ3) is 6.69. The van der Waals surface area contributed by atoms with Crippen LogP contribution in [0.3, 0.4) is 0 Å². The summed E-state index contributed by atoms with van der Waals surface area (Å²) in [6.45, 7) is 6.76. The van der Waals surface area contributed by atoms with E-state index in [2.05, 4.69) is 10.6 Å². The standard InChI is InChI=1S/C21H27N3O2/c1-21(2,3)23-19(25)15-24(4)14-16-9-8-10-17(13-16)20(26)22-18-11-6-5-7-12-18/h5-13H,14-15H2,1-4H3,(H,22,26)(H,23,25). The van der Waals surface area contributed by atoms with Crippen molar-refractivity contribution in [1.29, 1.82) is 0 Å². The minimum atomic E-state index is -0.243. The highest BCUT2D eigenvalue weighted by molar-refractivity contribution is 6.04. The van der Waals surface area contributed by atoms with Crippen molar-refractivity contribution in [2.75, 3.05) is 18.9 Å². The van der Waals surface area contributed by atoms with E-state index in [-0.39, 0.29) is 17.4 Å². The third-order valence-electron chi connectivity index (χ3n) is 3.60. The third-order valence-corrected chi connectivity index (χ3v) is 3.60. The van der Waals surface area contributed by atoms with Crippen molar-refractivity contribution >= 4 is 17.5 Å². The molecule has 0 radical (unpaired) electrons. The molecule has 5 heteroatoms. The van der Waals surface area contributed by atoms with E-state index in [9.17, 15) is 9.59 Å². The Morgan fingerprint density at radius 3 is 2.35 bits per heavy atom. The minimum Gasteiger partial charge on any atom is -0.350 e. The molecule has 0 spiro atoms. The molecular formula is C21H27N3O2. The van der Waals surface area contributed by atoms with E-state index >= 15 is 0 Å². The highest BCUT2D eigenvalue weighted by Crippen LogP contribution is 2.12. The van der Waals surface area contributed by atoms with E-state index in [0.717, 1.165) is 11.3 Å². The van der Waals surface area contributed by atoms with Gasteiger partial charge in [-0.15, -0.1) is 0 Å². The minimum absolute atomic E-state index is 0.0158. The summed E-state index contributed by atoms with van der Waals surface area (Å²) >= 11 is 0. The smallest absolute Gasteiger partial charge is 0.255 e. The second-order valence-electron chi connectivity index (χ2n) is 7.49. The number of para-hydroxylation sites is 1. The summed E-state index contributed by atoms with van der Waals surface area (Å²) < 4.78 is 0. The van der Waals surface area contributed by atoms with Gasteiger partial charge < -0.3 is 10.6 Å². The van der Waals surface area contributed by atoms with E-state index in [4.69, 9.17) is 0 Å². The number of rotatable bonds is 6. The number of hydrogen-bond donors (Lipinski definition) is 2. The zero-order valence-corrected chi connectivity index (χ0v) is 15.9. The lowest BCUT2D eigenvalue weighted by Crippen LogP contribution is -2.45. The van der Waals surface area contributed by atoms with E-state index < -0.39 is 0 Å². The van der Waals surface area contributed by atoms with Crippen LogP contribution in [0.15, 0.2) is 54.6 Å². The van der Waals surface area contributed by atoms with Crippen LogP contribution >= 0.6 is 0 Å². The summed E-state index contributed by atoms with van der Waals surface area (Å²) in [5.41, 5.74) is 2.10. The highest BCUT2D eigenvalue weighted by atomic mass is 16.2. The molecule has 2 amide bonds. The first kappa shape index (κ1) is 19.7. The van der Waals surface area contributed by atoms with Gasteiger partial charge in [0.05, 0.1) is 6.54 Å². The van der Waals surface area contributed by atoms with Crippen LogP contribution in [-0.2, 0) is 11.3 Å². The van der Waals surface area contributed by atoms with Crippen LogP contribution in [0.1, 0.15) is 36.7 Å². The molecule has 0 aliphatic carbocycles. The Hall–Kier alpha value is -2.66. The SMILES string of the molecule is CN(CC(=O)NC(C)(C)C)Cc1cccc(C(=O)Nc2ccccc2)c1. The van der Waals surface area contributed by atoms with Crippen LogP contribution in [0.25, 0.3) is 0 Å². The van der Waals surface area contributed by atoms with E-state index in [1.165, 1.54) is 0 Å². The van der Waals surface area contributed by atoms with Gasteiger partial charge in [-0.1, -0.05) is 30.3 Å². The van der Waals surface area contributed by atoms with Crippen molar-refractivity contribution in [2.45, 2.75) is 32.9 Å². The Bertz CT molecular complexity index is 751. The molecule has 0 aromatic heterocycles. The number of likely N-dealkylation sites (N-methyl/N-ethyl adjacent to an activating group) is 1. The zero-order valence-electron chi connectivity index (χ0n) is 15.9. The van der Waals surface area contributed by atoms with Crippen molar-refractivity contribution in [3.63, 3.8) is 0 Å². The van der Waals surface area contributed by atoms with Crippen LogP contribution in [-0.4, -0.2) is 35.8 Å². The maximum atomic E-state index is 12.4. The van der Waals surface area contributed by atoms with Crippen LogP contribution in [0.2, 0.25) is 0 Å². The quantitative estimate of drug-likeness (QED) is 0.838. The van der Waals surface area contributed by atoms with Crippen molar-refractivity contribution in [1.82, 2.24) is 10.2 Å². The van der Waals surface area contributed by atoms with Crippen LogP contribution in [0.4, 0.5) is 5.69 Å². The number of amides is 2. The van der Waals surface area contributed by atoms with E-state index in [0.29, 0.717) is 18.7 Å². The molecule has 0 saturated heterocycles. The first-order chi connectivity index (χ1) is 12.2. The predicted molar refractivity (Wildman–Crippen MR) is 105 cm³/mol. The Kier molecular flexibility index (Phi) is 6.52. The Balaban J connectivity index is 1.96. The fraction of sp³-hybridized carbons (Fsp3) is 0.333. The molecule has 0 saturated carbocycles. The normalized spacial score (nSPS) is 11.3. The van der Waals surface area contributed by atoms with Crippen molar-refractivity contribution in [3.05, 3.63) is 65.7 Å². The monoisotopic (exact) mass is 353 g/mol. The maximum Gasteiger partial charge on any atom is 0.255 e. The molecular weight excluding hydrogens is 326 g/mol. The largest absolute Gasteiger partial charge is 0.350 e. The number of anilines is 1. The first-order valence-electron chi connectivity index (χ1n) is 8.68. The van der Waals surface area contributed by atoms with Crippen molar-refractivity contribution in [2.24, 2.45) is 0 Å². The molecule has 2 aromatic rings. The maximum absolute atomic E-state index is 12.4. The van der Waals surface area contributed by atoms with Gasteiger partial charge in [-0.2, -0.15) is 0 Å². The van der Waals surface area contributed by atoms with Gasteiger partial charge in [-0.25, -0.2) is 0 Å². The lowest BCUT2D eigenvalue weighted by Gasteiger charge is -2.23. The lowest BCUT2D eigenvalue weighted by molar-refractivity contribution is -0.123. The van der Waals surface area contributed by atoms with Gasteiger partial charge in [0.1, 0.15) is 0 Å². The van der Waals surface area contributed by atoms with Gasteiger partial charge in [-0.05, 0) is 57.6 Å². The second kappa shape index (κ2) is 8.63. The summed E-state index contributed by atoms with van der Waals surface area (Å²) in [6, 6.07) is 16.8. The average Bonchev–Trinajstić information content (AvgIpc) is 2.54. The van der Waals surface area contributed by atoms with Crippen LogP contribution < -0.4 is 10.6 Å². The molecule has 0 unspecified atom stereocenters. The van der Waals surface area contributed by atoms with Crippen molar-refractivity contribution in [3.8, 4) is 0 Å². The topological polar surface area (TPSA) is 61.4 Å². The number of benzene rings is 2. The molecule has 0 aliphatic rings. The molecule has 0 aliphatic heterocycles. The summed E-state index contributed by atoms with van der Waals surface area (Å²) in [5.74, 6) is -0.163. The summed E-state index contributed by atoms with van der Waals surface area (Å²) in [7, 11) is 1.89. The molecule has 5 nitrogen and oxygen atoms in total. The van der Waals surface area contributed by atoms with Crippen molar-refractivity contribution < 1.29 is 9.59 Å². The van der Waals surface area contributed by atoms with Crippen LogP contribution in [0, 0.1) is 0 Å². The molecule has 0 bridgehead atoms. The van der Waals surface area contributed by atoms with Gasteiger partial charge in [-0.3, -0.25) is 14.5 Å². The molecule has 0 fully saturated rings. The van der Waals surface area contributed by atoms with Crippen LogP contribution in [0.5, 0.6) is 0 Å². The first-order valence-corrected chi connectivity index (χ1v) is 8.68. The molecule has 138 valence electrons. The number of nitrogens with zero attached hydrogens (tertiary/aromatic N) is 1. The highest BCUT2D eigenvalue weighted by Gasteiger charge is 2.15. The second-order valence-corrected chi connectivity index (χ2v) is 7.49. The summed E-state index contributed by atoms with van der Waals surface area (Å²) in [4.78, 5) is 26.3. The number of hydrogen-bond acceptors (Lipinski definition) is 3. The molecule has 2 N–H and O–H groups in total. The predicted octanol–water partition coefficient (Wildman–Crippen LogP) is 3.29. The fourth-order valence-electron chi connectivity index (χ4n) is 2.61. The molecule has 0 atom stereocenters. The fourth-order valence-corrected chi connectivity index (χ4v) is 2.61. The number of carbonyl (C=O) groups excluding carboxylic acids is 2. The Labute approximate surface area is 155 Å². The Morgan fingerprint density at radius 1 is 1.00 bits per heavy atom. The van der Waals surface area contributed by atoms with Gasteiger partial charge in [0, 0.05) is 23.3 Å². The zero-order chi connectivity index (χ0) is 19.2. The Morgan fingerprint density at radius 2 is 1.69 bits per heavy atom. The molecule has 2 rings (SSSR count). The molecule has 2 aromatic carbocycles. The summed E-state index contributed by atoms with van der Waals surface area (Å²) in [5, 5.41) is 5.83. The van der Waals surface area contributed by atoms with E-state index in [1.807, 2.05) is 81.2 Å².